The molecular weight excluding hydrogens is 278 g/mol. The second kappa shape index (κ2) is 6.02. The highest BCUT2D eigenvalue weighted by molar-refractivity contribution is 6.00. The minimum Gasteiger partial charge on any atom is -0.467 e. The van der Waals surface area contributed by atoms with Crippen LogP contribution >= 0.6 is 0 Å². The zero-order valence-corrected chi connectivity index (χ0v) is 12.4. The van der Waals surface area contributed by atoms with Gasteiger partial charge in [-0.2, -0.15) is 0 Å². The van der Waals surface area contributed by atoms with Crippen molar-refractivity contribution in [3.63, 3.8) is 0 Å². The molecule has 0 aromatic heterocycles. The molecule has 1 amide bonds. The van der Waals surface area contributed by atoms with Crippen LogP contribution in [0.1, 0.15) is 21.5 Å². The van der Waals surface area contributed by atoms with Crippen LogP contribution in [0.5, 0.6) is 0 Å². The molecule has 0 fully saturated rings. The zero-order chi connectivity index (χ0) is 15.5. The van der Waals surface area contributed by atoms with Crippen molar-refractivity contribution in [2.75, 3.05) is 7.11 Å². The van der Waals surface area contributed by atoms with Crippen LogP contribution in [0.15, 0.2) is 54.6 Å². The molecule has 22 heavy (non-hydrogen) atoms. The largest absolute Gasteiger partial charge is 0.467 e. The summed E-state index contributed by atoms with van der Waals surface area (Å²) in [7, 11) is 1.36. The Morgan fingerprint density at radius 2 is 1.82 bits per heavy atom. The fourth-order valence-corrected chi connectivity index (χ4v) is 2.82. The molecule has 1 unspecified atom stereocenters. The molecule has 1 aliphatic rings. The van der Waals surface area contributed by atoms with Crippen LogP contribution in [0.3, 0.4) is 0 Å². The molecular formula is C18H17NO3. The lowest BCUT2D eigenvalue weighted by Gasteiger charge is -2.25. The Bertz CT molecular complexity index is 696. The summed E-state index contributed by atoms with van der Waals surface area (Å²) in [6, 6.07) is 16.5. The van der Waals surface area contributed by atoms with Gasteiger partial charge in [0.05, 0.1) is 7.11 Å². The van der Waals surface area contributed by atoms with Gasteiger partial charge in [-0.3, -0.25) is 4.79 Å². The Labute approximate surface area is 129 Å². The van der Waals surface area contributed by atoms with E-state index in [2.05, 4.69) is 0 Å². The van der Waals surface area contributed by atoms with Gasteiger partial charge in [0.2, 0.25) is 0 Å². The van der Waals surface area contributed by atoms with E-state index in [0.717, 1.165) is 11.1 Å². The summed E-state index contributed by atoms with van der Waals surface area (Å²) in [5.41, 5.74) is 2.63. The second-order valence-corrected chi connectivity index (χ2v) is 5.32. The summed E-state index contributed by atoms with van der Waals surface area (Å²) in [5.74, 6) is -0.494. The third kappa shape index (κ3) is 2.60. The van der Waals surface area contributed by atoms with Crippen LogP contribution in [0.25, 0.3) is 0 Å². The molecule has 0 radical (unpaired) electrons. The predicted octanol–water partition coefficient (Wildman–Crippen LogP) is 2.43. The summed E-state index contributed by atoms with van der Waals surface area (Å²) < 4.78 is 4.91. The number of esters is 1. The molecule has 0 N–H and O–H groups in total. The molecule has 1 aliphatic heterocycles. The summed E-state index contributed by atoms with van der Waals surface area (Å²) >= 11 is 0. The number of hydrogen-bond donors (Lipinski definition) is 0. The van der Waals surface area contributed by atoms with Gasteiger partial charge in [0.25, 0.3) is 5.91 Å². The first-order valence-corrected chi connectivity index (χ1v) is 7.21. The van der Waals surface area contributed by atoms with Crippen molar-refractivity contribution in [3.8, 4) is 0 Å². The molecule has 3 rings (SSSR count). The molecule has 0 saturated heterocycles. The number of rotatable bonds is 4. The van der Waals surface area contributed by atoms with Crippen molar-refractivity contribution >= 4 is 11.9 Å². The number of nitrogens with zero attached hydrogens (tertiary/aromatic N) is 1. The third-order valence-electron chi connectivity index (χ3n) is 3.97. The van der Waals surface area contributed by atoms with Gasteiger partial charge in [-0.25, -0.2) is 4.79 Å². The van der Waals surface area contributed by atoms with Gasteiger partial charge in [0.1, 0.15) is 6.04 Å². The fraction of sp³-hybridized carbons (Fsp3) is 0.222. The Hall–Kier alpha value is -2.62. The van der Waals surface area contributed by atoms with E-state index < -0.39 is 6.04 Å². The third-order valence-corrected chi connectivity index (χ3v) is 3.97. The number of fused-ring (bicyclic) bond motifs is 1. The van der Waals surface area contributed by atoms with Crippen LogP contribution in [0.2, 0.25) is 0 Å². The van der Waals surface area contributed by atoms with E-state index >= 15 is 0 Å². The number of amides is 1. The summed E-state index contributed by atoms with van der Waals surface area (Å²) in [4.78, 5) is 26.4. The summed E-state index contributed by atoms with van der Waals surface area (Å²) in [6.07, 6.45) is 0.452. The number of hydrogen-bond acceptors (Lipinski definition) is 3. The standard InChI is InChI=1S/C18H17NO3/c1-22-18(21)16(11-13-7-3-2-4-8-13)19-12-14-9-5-6-10-15(14)17(19)20/h2-10,16H,11-12H2,1H3. The Kier molecular flexibility index (Phi) is 3.92. The van der Waals surface area contributed by atoms with E-state index in [9.17, 15) is 9.59 Å². The Balaban J connectivity index is 1.88. The van der Waals surface area contributed by atoms with Gasteiger partial charge < -0.3 is 9.64 Å². The monoisotopic (exact) mass is 295 g/mol. The van der Waals surface area contributed by atoms with Gasteiger partial charge in [-0.05, 0) is 17.2 Å². The molecule has 4 heteroatoms. The smallest absolute Gasteiger partial charge is 0.328 e. The quantitative estimate of drug-likeness (QED) is 0.814. The number of methoxy groups -OCH3 is 1. The first kappa shape index (κ1) is 14.3. The SMILES string of the molecule is COC(=O)C(Cc1ccccc1)N1Cc2ccccc2C1=O. The maximum Gasteiger partial charge on any atom is 0.328 e. The van der Waals surface area contributed by atoms with Crippen LogP contribution in [0, 0.1) is 0 Å². The van der Waals surface area contributed by atoms with Crippen molar-refractivity contribution in [1.29, 1.82) is 0 Å². The normalized spacial score (nSPS) is 14.6. The number of benzene rings is 2. The molecule has 0 saturated carbocycles. The van der Waals surface area contributed by atoms with E-state index in [0.29, 0.717) is 18.5 Å². The van der Waals surface area contributed by atoms with E-state index in [1.165, 1.54) is 7.11 Å². The maximum atomic E-state index is 12.6. The lowest BCUT2D eigenvalue weighted by molar-refractivity contribution is -0.146. The second-order valence-electron chi connectivity index (χ2n) is 5.32. The predicted molar refractivity (Wildman–Crippen MR) is 82.3 cm³/mol. The summed E-state index contributed by atoms with van der Waals surface area (Å²) in [6.45, 7) is 0.446. The van der Waals surface area contributed by atoms with Gasteiger partial charge >= 0.3 is 5.97 Å². The minimum absolute atomic E-state index is 0.109. The highest BCUT2D eigenvalue weighted by Crippen LogP contribution is 2.26. The van der Waals surface area contributed by atoms with Crippen molar-refractivity contribution < 1.29 is 14.3 Å². The first-order chi connectivity index (χ1) is 10.7. The van der Waals surface area contributed by atoms with Crippen LogP contribution < -0.4 is 0 Å². The lowest BCUT2D eigenvalue weighted by Crippen LogP contribution is -2.43. The Morgan fingerprint density at radius 3 is 2.50 bits per heavy atom. The average molecular weight is 295 g/mol. The lowest BCUT2D eigenvalue weighted by atomic mass is 10.0. The zero-order valence-electron chi connectivity index (χ0n) is 12.4. The molecule has 2 aromatic rings. The molecule has 1 atom stereocenters. The summed E-state index contributed by atoms with van der Waals surface area (Å²) in [5, 5.41) is 0. The maximum absolute atomic E-state index is 12.6. The van der Waals surface area contributed by atoms with Gasteiger partial charge in [-0.1, -0.05) is 48.5 Å². The van der Waals surface area contributed by atoms with Gasteiger partial charge in [0.15, 0.2) is 0 Å². The van der Waals surface area contributed by atoms with E-state index in [4.69, 9.17) is 4.74 Å². The number of carbonyl (C=O) groups excluding carboxylic acids is 2. The van der Waals surface area contributed by atoms with Gasteiger partial charge in [-0.15, -0.1) is 0 Å². The number of carbonyl (C=O) groups is 2. The van der Waals surface area contributed by atoms with Crippen LogP contribution in [0.4, 0.5) is 0 Å². The van der Waals surface area contributed by atoms with Crippen molar-refractivity contribution in [3.05, 3.63) is 71.3 Å². The topological polar surface area (TPSA) is 46.6 Å². The Morgan fingerprint density at radius 1 is 1.14 bits per heavy atom. The van der Waals surface area contributed by atoms with E-state index in [1.807, 2.05) is 48.5 Å². The average Bonchev–Trinajstić information content (AvgIpc) is 2.90. The molecule has 0 aliphatic carbocycles. The molecule has 0 spiro atoms. The van der Waals surface area contributed by atoms with Crippen LogP contribution in [-0.4, -0.2) is 29.9 Å². The molecule has 2 aromatic carbocycles. The van der Waals surface area contributed by atoms with E-state index in [-0.39, 0.29) is 11.9 Å². The molecule has 0 bridgehead atoms. The highest BCUT2D eigenvalue weighted by atomic mass is 16.5. The fourth-order valence-electron chi connectivity index (χ4n) is 2.82. The first-order valence-electron chi connectivity index (χ1n) is 7.21. The number of ether oxygens (including phenoxy) is 1. The minimum atomic E-state index is -0.604. The van der Waals surface area contributed by atoms with Crippen molar-refractivity contribution in [2.24, 2.45) is 0 Å². The van der Waals surface area contributed by atoms with Crippen LogP contribution in [-0.2, 0) is 22.5 Å². The molecule has 1 heterocycles. The van der Waals surface area contributed by atoms with Crippen molar-refractivity contribution in [2.45, 2.75) is 19.0 Å². The highest BCUT2D eigenvalue weighted by Gasteiger charge is 2.36. The molecule has 112 valence electrons. The van der Waals surface area contributed by atoms with E-state index in [1.54, 1.807) is 11.0 Å². The molecule has 4 nitrogen and oxygen atoms in total. The van der Waals surface area contributed by atoms with Crippen molar-refractivity contribution in [1.82, 2.24) is 4.90 Å². The van der Waals surface area contributed by atoms with Gasteiger partial charge in [0, 0.05) is 18.5 Å².